The van der Waals surface area contributed by atoms with Gasteiger partial charge in [-0.3, -0.25) is 4.79 Å². The van der Waals surface area contributed by atoms with Crippen molar-refractivity contribution in [3.8, 4) is 5.75 Å². The van der Waals surface area contributed by atoms with Crippen LogP contribution in [0.2, 0.25) is 0 Å². The van der Waals surface area contributed by atoms with Gasteiger partial charge in [0.05, 0.1) is 18.8 Å². The van der Waals surface area contributed by atoms with Crippen LogP contribution in [0.25, 0.3) is 0 Å². The lowest BCUT2D eigenvalue weighted by Gasteiger charge is -2.32. The Morgan fingerprint density at radius 3 is 2.70 bits per heavy atom. The molecule has 1 aliphatic rings. The first kappa shape index (κ1) is 20.2. The molecule has 0 atom stereocenters. The minimum atomic E-state index is 0. The monoisotopic (exact) mass is 406 g/mol. The van der Waals surface area contributed by atoms with Crippen molar-refractivity contribution in [1.29, 1.82) is 0 Å². The van der Waals surface area contributed by atoms with Gasteiger partial charge in [0.1, 0.15) is 5.75 Å². The van der Waals surface area contributed by atoms with Crippen molar-refractivity contribution >= 4 is 34.2 Å². The molecule has 1 fully saturated rings. The maximum atomic E-state index is 12.6. The maximum Gasteiger partial charge on any atom is 0.257 e. The van der Waals surface area contributed by atoms with Gasteiger partial charge >= 0.3 is 0 Å². The third kappa shape index (κ3) is 5.64. The van der Waals surface area contributed by atoms with Crippen LogP contribution in [0.3, 0.4) is 0 Å². The van der Waals surface area contributed by atoms with Crippen LogP contribution in [-0.4, -0.2) is 50.3 Å². The average Bonchev–Trinajstić information content (AvgIpc) is 2.55. The summed E-state index contributed by atoms with van der Waals surface area (Å²) in [4.78, 5) is 14.5. The predicted molar refractivity (Wildman–Crippen MR) is 96.5 cm³/mol. The molecular weight excluding hydrogens is 384 g/mol. The van der Waals surface area contributed by atoms with E-state index in [0.717, 1.165) is 23.7 Å². The highest BCUT2D eigenvalue weighted by Crippen LogP contribution is 2.26. The van der Waals surface area contributed by atoms with Crippen LogP contribution in [0.15, 0.2) is 22.7 Å². The first-order chi connectivity index (χ1) is 10.7. The summed E-state index contributed by atoms with van der Waals surface area (Å²) in [5, 5.41) is 0. The molecule has 0 bridgehead atoms. The minimum Gasteiger partial charge on any atom is -0.496 e. The normalized spacial score (nSPS) is 15.2. The van der Waals surface area contributed by atoms with Crippen molar-refractivity contribution in [2.45, 2.75) is 25.4 Å². The Morgan fingerprint density at radius 2 is 2.09 bits per heavy atom. The summed E-state index contributed by atoms with van der Waals surface area (Å²) >= 11 is 3.39. The molecule has 1 aromatic rings. The predicted octanol–water partition coefficient (Wildman–Crippen LogP) is 2.85. The van der Waals surface area contributed by atoms with Crippen LogP contribution < -0.4 is 10.5 Å². The number of methoxy groups -OCH3 is 1. The molecular formula is C16H24BrClN2O3. The van der Waals surface area contributed by atoms with Crippen molar-refractivity contribution in [2.75, 3.05) is 33.4 Å². The molecule has 7 heteroatoms. The van der Waals surface area contributed by atoms with Crippen LogP contribution in [0, 0.1) is 0 Å². The standard InChI is InChI=1S/C16H23BrN2O3.ClH/c1-21-15-11-12(17)3-4-14(15)16(20)19-8-5-13(6-9-19)22-10-2-7-18;/h3-4,11,13H,2,5-10,18H2,1H3;1H. The highest BCUT2D eigenvalue weighted by atomic mass is 79.9. The van der Waals surface area contributed by atoms with Gasteiger partial charge in [0.15, 0.2) is 0 Å². The largest absolute Gasteiger partial charge is 0.496 e. The van der Waals surface area contributed by atoms with E-state index in [1.54, 1.807) is 13.2 Å². The summed E-state index contributed by atoms with van der Waals surface area (Å²) in [5.41, 5.74) is 6.06. The van der Waals surface area contributed by atoms with E-state index in [1.807, 2.05) is 17.0 Å². The van der Waals surface area contributed by atoms with E-state index in [2.05, 4.69) is 15.9 Å². The van der Waals surface area contributed by atoms with Gasteiger partial charge in [-0.15, -0.1) is 12.4 Å². The third-order valence-corrected chi connectivity index (χ3v) is 4.32. The lowest BCUT2D eigenvalue weighted by Crippen LogP contribution is -2.41. The van der Waals surface area contributed by atoms with E-state index in [9.17, 15) is 4.79 Å². The summed E-state index contributed by atoms with van der Waals surface area (Å²) in [7, 11) is 1.58. The smallest absolute Gasteiger partial charge is 0.257 e. The number of nitrogens with zero attached hydrogens (tertiary/aromatic N) is 1. The number of benzene rings is 1. The fourth-order valence-electron chi connectivity index (χ4n) is 2.57. The molecule has 0 radical (unpaired) electrons. The first-order valence-electron chi connectivity index (χ1n) is 7.60. The zero-order valence-electron chi connectivity index (χ0n) is 13.3. The average molecular weight is 408 g/mol. The van der Waals surface area contributed by atoms with Crippen LogP contribution in [0.5, 0.6) is 5.75 Å². The third-order valence-electron chi connectivity index (χ3n) is 3.83. The number of rotatable bonds is 6. The van der Waals surface area contributed by atoms with Gasteiger partial charge in [-0.1, -0.05) is 15.9 Å². The Hall–Kier alpha value is -0.820. The van der Waals surface area contributed by atoms with Crippen LogP contribution >= 0.6 is 28.3 Å². The molecule has 1 amide bonds. The SMILES string of the molecule is COc1cc(Br)ccc1C(=O)N1CCC(OCCCN)CC1.Cl. The number of halogens is 2. The van der Waals surface area contributed by atoms with Crippen molar-refractivity contribution in [3.05, 3.63) is 28.2 Å². The molecule has 1 aliphatic heterocycles. The summed E-state index contributed by atoms with van der Waals surface area (Å²) in [6, 6.07) is 5.48. The van der Waals surface area contributed by atoms with E-state index in [4.69, 9.17) is 15.2 Å². The minimum absolute atomic E-state index is 0. The molecule has 2 rings (SSSR count). The second-order valence-electron chi connectivity index (χ2n) is 5.35. The molecule has 0 unspecified atom stereocenters. The van der Waals surface area contributed by atoms with Gasteiger partial charge in [-0.05, 0) is 44.0 Å². The molecule has 2 N–H and O–H groups in total. The Morgan fingerprint density at radius 1 is 1.39 bits per heavy atom. The van der Waals surface area contributed by atoms with Gasteiger partial charge < -0.3 is 20.1 Å². The number of likely N-dealkylation sites (tertiary alicyclic amines) is 1. The van der Waals surface area contributed by atoms with Crippen LogP contribution in [0.4, 0.5) is 0 Å². The lowest BCUT2D eigenvalue weighted by atomic mass is 10.1. The molecule has 1 aromatic carbocycles. The number of carbonyl (C=O) groups is 1. The van der Waals surface area contributed by atoms with Gasteiger partial charge in [0.2, 0.25) is 0 Å². The number of ether oxygens (including phenoxy) is 2. The van der Waals surface area contributed by atoms with Gasteiger partial charge in [0, 0.05) is 24.2 Å². The second kappa shape index (κ2) is 10.1. The fourth-order valence-corrected chi connectivity index (χ4v) is 2.91. The van der Waals surface area contributed by atoms with Gasteiger partial charge in [0.25, 0.3) is 5.91 Å². The summed E-state index contributed by atoms with van der Waals surface area (Å²) in [6.45, 7) is 2.78. The molecule has 0 saturated carbocycles. The van der Waals surface area contributed by atoms with E-state index in [0.29, 0.717) is 37.6 Å². The van der Waals surface area contributed by atoms with E-state index < -0.39 is 0 Å². The summed E-state index contributed by atoms with van der Waals surface area (Å²) < 4.78 is 12.0. The van der Waals surface area contributed by atoms with Crippen LogP contribution in [0.1, 0.15) is 29.6 Å². The Kier molecular flexibility index (Phi) is 8.91. The number of piperidine rings is 1. The van der Waals surface area contributed by atoms with E-state index in [1.165, 1.54) is 0 Å². The zero-order valence-corrected chi connectivity index (χ0v) is 15.7. The fraction of sp³-hybridized carbons (Fsp3) is 0.562. The molecule has 130 valence electrons. The molecule has 0 aliphatic carbocycles. The number of carbonyl (C=O) groups excluding carboxylic acids is 1. The second-order valence-corrected chi connectivity index (χ2v) is 6.26. The van der Waals surface area contributed by atoms with Gasteiger partial charge in [-0.2, -0.15) is 0 Å². The highest BCUT2D eigenvalue weighted by molar-refractivity contribution is 9.10. The van der Waals surface area contributed by atoms with E-state index in [-0.39, 0.29) is 24.4 Å². The summed E-state index contributed by atoms with van der Waals surface area (Å²) in [6.07, 6.45) is 2.86. The number of hydrogen-bond donors (Lipinski definition) is 1. The van der Waals surface area contributed by atoms with Crippen molar-refractivity contribution < 1.29 is 14.3 Å². The summed E-state index contributed by atoms with van der Waals surface area (Å²) in [5.74, 6) is 0.616. The maximum absolute atomic E-state index is 12.6. The first-order valence-corrected chi connectivity index (χ1v) is 8.39. The Labute approximate surface area is 152 Å². The number of hydrogen-bond acceptors (Lipinski definition) is 4. The van der Waals surface area contributed by atoms with Crippen LogP contribution in [-0.2, 0) is 4.74 Å². The molecule has 1 heterocycles. The quantitative estimate of drug-likeness (QED) is 0.737. The van der Waals surface area contributed by atoms with Crippen molar-refractivity contribution in [3.63, 3.8) is 0 Å². The topological polar surface area (TPSA) is 64.8 Å². The van der Waals surface area contributed by atoms with Crippen molar-refractivity contribution in [1.82, 2.24) is 4.90 Å². The number of nitrogens with two attached hydrogens (primary N) is 1. The molecule has 0 spiro atoms. The molecule has 23 heavy (non-hydrogen) atoms. The highest BCUT2D eigenvalue weighted by Gasteiger charge is 2.25. The Balaban J connectivity index is 0.00000264. The number of amides is 1. The molecule has 0 aromatic heterocycles. The Bertz CT molecular complexity index is 508. The van der Waals surface area contributed by atoms with Gasteiger partial charge in [-0.25, -0.2) is 0 Å². The molecule has 1 saturated heterocycles. The van der Waals surface area contributed by atoms with E-state index >= 15 is 0 Å². The molecule has 5 nitrogen and oxygen atoms in total. The lowest BCUT2D eigenvalue weighted by molar-refractivity contribution is 0.00838. The zero-order chi connectivity index (χ0) is 15.9. The van der Waals surface area contributed by atoms with Crippen molar-refractivity contribution in [2.24, 2.45) is 5.73 Å².